The van der Waals surface area contributed by atoms with E-state index in [9.17, 15) is 14.0 Å². The number of halogens is 1. The van der Waals surface area contributed by atoms with Gasteiger partial charge in [0.15, 0.2) is 12.4 Å². The highest BCUT2D eigenvalue weighted by Gasteiger charge is 2.44. The Balaban J connectivity index is 1.50. The largest absolute Gasteiger partial charge is 0.456 e. The van der Waals surface area contributed by atoms with Crippen molar-refractivity contribution in [2.45, 2.75) is 31.1 Å². The van der Waals surface area contributed by atoms with Crippen molar-refractivity contribution in [2.75, 3.05) is 6.61 Å². The molecule has 0 spiro atoms. The second kappa shape index (κ2) is 6.99. The van der Waals surface area contributed by atoms with Gasteiger partial charge < -0.3 is 9.15 Å². The van der Waals surface area contributed by atoms with Gasteiger partial charge in [-0.25, -0.2) is 4.39 Å². The Morgan fingerprint density at radius 3 is 2.44 bits per heavy atom. The Labute approximate surface area is 155 Å². The minimum atomic E-state index is -0.804. The van der Waals surface area contributed by atoms with Gasteiger partial charge in [-0.15, -0.1) is 0 Å². The topological polar surface area (TPSA) is 56.5 Å². The third-order valence-corrected chi connectivity index (χ3v) is 5.28. The zero-order chi connectivity index (χ0) is 18.9. The summed E-state index contributed by atoms with van der Waals surface area (Å²) in [6.07, 6.45) is 3.06. The van der Waals surface area contributed by atoms with Crippen LogP contribution in [0.1, 0.15) is 41.8 Å². The number of benzene rings is 2. The van der Waals surface area contributed by atoms with Crippen molar-refractivity contribution in [3.05, 3.63) is 71.7 Å². The number of para-hydroxylation sites is 1. The van der Waals surface area contributed by atoms with E-state index in [0.717, 1.165) is 23.8 Å². The van der Waals surface area contributed by atoms with Crippen LogP contribution in [0.3, 0.4) is 0 Å². The molecule has 1 aliphatic carbocycles. The zero-order valence-electron chi connectivity index (χ0n) is 14.7. The zero-order valence-corrected chi connectivity index (χ0v) is 14.7. The maximum Gasteiger partial charge on any atom is 0.317 e. The van der Waals surface area contributed by atoms with Crippen molar-refractivity contribution < 1.29 is 23.1 Å². The van der Waals surface area contributed by atoms with Crippen LogP contribution in [0.15, 0.2) is 59.0 Å². The summed E-state index contributed by atoms with van der Waals surface area (Å²) < 4.78 is 24.2. The maximum absolute atomic E-state index is 13.3. The van der Waals surface area contributed by atoms with E-state index in [1.165, 1.54) is 12.1 Å². The number of hydrogen-bond acceptors (Lipinski definition) is 4. The van der Waals surface area contributed by atoms with Gasteiger partial charge in [-0.2, -0.15) is 0 Å². The normalized spacial score (nSPS) is 15.7. The molecule has 1 aromatic heterocycles. The Bertz CT molecular complexity index is 948. The van der Waals surface area contributed by atoms with Crippen LogP contribution in [0.5, 0.6) is 0 Å². The van der Waals surface area contributed by atoms with Crippen molar-refractivity contribution in [1.82, 2.24) is 0 Å². The second-order valence-electron chi connectivity index (χ2n) is 6.94. The first-order chi connectivity index (χ1) is 13.1. The standard InChI is InChI=1S/C22H19FO4/c23-17-9-7-16(8-10-17)22(11-3-4-12-22)21(25)26-14-18(24)20-13-15-5-1-2-6-19(15)27-20/h1-2,5-10,13H,3-4,11-12,14H2. The van der Waals surface area contributed by atoms with Gasteiger partial charge in [0.05, 0.1) is 5.41 Å². The fraction of sp³-hybridized carbons (Fsp3) is 0.273. The Morgan fingerprint density at radius 1 is 1.04 bits per heavy atom. The van der Waals surface area contributed by atoms with E-state index in [2.05, 4.69) is 0 Å². The maximum atomic E-state index is 13.3. The fourth-order valence-electron chi connectivity index (χ4n) is 3.82. The molecule has 0 N–H and O–H groups in total. The number of esters is 1. The summed E-state index contributed by atoms with van der Waals surface area (Å²) in [6.45, 7) is -0.373. The van der Waals surface area contributed by atoms with Crippen molar-refractivity contribution >= 4 is 22.7 Å². The van der Waals surface area contributed by atoms with Crippen LogP contribution in [-0.4, -0.2) is 18.4 Å². The van der Waals surface area contributed by atoms with Gasteiger partial charge >= 0.3 is 5.97 Å². The monoisotopic (exact) mass is 366 g/mol. The average Bonchev–Trinajstić information content (AvgIpc) is 3.34. The molecule has 2 aromatic carbocycles. The molecule has 1 fully saturated rings. The number of fused-ring (bicyclic) bond motifs is 1. The Morgan fingerprint density at radius 2 is 1.74 bits per heavy atom. The van der Waals surface area contributed by atoms with Gasteiger partial charge in [0, 0.05) is 5.39 Å². The molecular formula is C22H19FO4. The fourth-order valence-corrected chi connectivity index (χ4v) is 3.82. The van der Waals surface area contributed by atoms with Crippen LogP contribution in [0, 0.1) is 5.82 Å². The number of Topliss-reactive ketones (excluding diaryl/α,β-unsaturated/α-hetero) is 1. The lowest BCUT2D eigenvalue weighted by atomic mass is 9.79. The molecule has 138 valence electrons. The highest BCUT2D eigenvalue weighted by Crippen LogP contribution is 2.42. The summed E-state index contributed by atoms with van der Waals surface area (Å²) in [7, 11) is 0. The predicted octanol–water partition coefficient (Wildman–Crippen LogP) is 4.81. The molecular weight excluding hydrogens is 347 g/mol. The molecule has 5 heteroatoms. The average molecular weight is 366 g/mol. The number of ether oxygens (including phenoxy) is 1. The molecule has 0 radical (unpaired) electrons. The highest BCUT2D eigenvalue weighted by molar-refractivity contribution is 5.99. The predicted molar refractivity (Wildman–Crippen MR) is 98.0 cm³/mol. The van der Waals surface area contributed by atoms with Crippen LogP contribution >= 0.6 is 0 Å². The van der Waals surface area contributed by atoms with E-state index in [-0.39, 0.29) is 24.0 Å². The van der Waals surface area contributed by atoms with Crippen LogP contribution in [-0.2, 0) is 14.9 Å². The van der Waals surface area contributed by atoms with Gasteiger partial charge in [0.1, 0.15) is 11.4 Å². The lowest BCUT2D eigenvalue weighted by molar-refractivity contribution is -0.149. The number of rotatable bonds is 5. The van der Waals surface area contributed by atoms with E-state index in [1.807, 2.05) is 18.2 Å². The Hall–Kier alpha value is -2.95. The van der Waals surface area contributed by atoms with E-state index in [0.29, 0.717) is 18.4 Å². The molecule has 1 aliphatic rings. The number of furan rings is 1. The minimum absolute atomic E-state index is 0.172. The van der Waals surface area contributed by atoms with Crippen LogP contribution < -0.4 is 0 Å². The molecule has 0 unspecified atom stereocenters. The summed E-state index contributed by atoms with van der Waals surface area (Å²) in [4.78, 5) is 25.3. The molecule has 3 aromatic rings. The first-order valence-electron chi connectivity index (χ1n) is 9.04. The SMILES string of the molecule is O=C(COC(=O)C1(c2ccc(F)cc2)CCCC1)c1cc2ccccc2o1. The molecule has 0 saturated heterocycles. The highest BCUT2D eigenvalue weighted by atomic mass is 19.1. The summed E-state index contributed by atoms with van der Waals surface area (Å²) in [6, 6.07) is 14.9. The molecule has 4 nitrogen and oxygen atoms in total. The van der Waals surface area contributed by atoms with Crippen LogP contribution in [0.2, 0.25) is 0 Å². The van der Waals surface area contributed by atoms with Gasteiger partial charge in [-0.1, -0.05) is 43.2 Å². The summed E-state index contributed by atoms with van der Waals surface area (Å²) in [5, 5.41) is 0.825. The van der Waals surface area contributed by atoms with Crippen molar-refractivity contribution in [3.63, 3.8) is 0 Å². The van der Waals surface area contributed by atoms with Gasteiger partial charge in [0.2, 0.25) is 5.78 Å². The summed E-state index contributed by atoms with van der Waals surface area (Å²) in [5.74, 6) is -0.991. The smallest absolute Gasteiger partial charge is 0.317 e. The first-order valence-corrected chi connectivity index (χ1v) is 9.04. The van der Waals surface area contributed by atoms with Crippen molar-refractivity contribution in [3.8, 4) is 0 Å². The van der Waals surface area contributed by atoms with E-state index >= 15 is 0 Å². The van der Waals surface area contributed by atoms with Crippen molar-refractivity contribution in [2.24, 2.45) is 0 Å². The van der Waals surface area contributed by atoms with Gasteiger partial charge in [0.25, 0.3) is 0 Å². The van der Waals surface area contributed by atoms with E-state index in [1.54, 1.807) is 24.3 Å². The molecule has 27 heavy (non-hydrogen) atoms. The molecule has 4 rings (SSSR count). The molecule has 0 bridgehead atoms. The van der Waals surface area contributed by atoms with Gasteiger partial charge in [-0.3, -0.25) is 9.59 Å². The number of hydrogen-bond donors (Lipinski definition) is 0. The summed E-state index contributed by atoms with van der Waals surface area (Å²) in [5.41, 5.74) is 0.551. The number of carbonyl (C=O) groups excluding carboxylic acids is 2. The van der Waals surface area contributed by atoms with Crippen molar-refractivity contribution in [1.29, 1.82) is 0 Å². The molecule has 0 amide bonds. The third kappa shape index (κ3) is 3.25. The van der Waals surface area contributed by atoms with Gasteiger partial charge in [-0.05, 0) is 42.7 Å². The number of carbonyl (C=O) groups is 2. The lowest BCUT2D eigenvalue weighted by Crippen LogP contribution is -2.35. The quantitative estimate of drug-likeness (QED) is 0.480. The third-order valence-electron chi connectivity index (χ3n) is 5.28. The van der Waals surface area contributed by atoms with E-state index < -0.39 is 11.4 Å². The van der Waals surface area contributed by atoms with Crippen LogP contribution in [0.25, 0.3) is 11.0 Å². The van der Waals surface area contributed by atoms with E-state index in [4.69, 9.17) is 9.15 Å². The minimum Gasteiger partial charge on any atom is -0.456 e. The number of ketones is 1. The molecule has 1 heterocycles. The van der Waals surface area contributed by atoms with Crippen LogP contribution in [0.4, 0.5) is 4.39 Å². The second-order valence-corrected chi connectivity index (χ2v) is 6.94. The first kappa shape index (κ1) is 17.5. The molecule has 0 aliphatic heterocycles. The molecule has 1 saturated carbocycles. The molecule has 0 atom stereocenters. The Kier molecular flexibility index (Phi) is 4.52. The summed E-state index contributed by atoms with van der Waals surface area (Å²) >= 11 is 0. The lowest BCUT2D eigenvalue weighted by Gasteiger charge is -2.27.